The number of nitriles is 2. The van der Waals surface area contributed by atoms with Crippen molar-refractivity contribution in [2.75, 3.05) is 43.2 Å². The molecule has 40 heavy (non-hydrogen) atoms. The van der Waals surface area contributed by atoms with E-state index in [0.29, 0.717) is 53.0 Å². The van der Waals surface area contributed by atoms with Gasteiger partial charge in [-0.2, -0.15) is 10.5 Å². The zero-order valence-corrected chi connectivity index (χ0v) is 22.7. The first-order chi connectivity index (χ1) is 19.4. The fraction of sp³-hybridized carbons (Fsp3) is 0.467. The Kier molecular flexibility index (Phi) is 8.09. The number of nitrogens with one attached hydrogen (secondary N) is 3. The minimum atomic E-state index is -0.262. The number of hydrogen-bond donors (Lipinski definition) is 4. The van der Waals surface area contributed by atoms with Gasteiger partial charge in [0.15, 0.2) is 6.61 Å². The van der Waals surface area contributed by atoms with Crippen molar-refractivity contribution in [3.8, 4) is 17.9 Å². The number of amides is 1. The molecule has 4 saturated carbocycles. The summed E-state index contributed by atoms with van der Waals surface area (Å²) in [4.78, 5) is 16.9. The molecule has 1 heterocycles. The molecule has 4 bridgehead atoms. The van der Waals surface area contributed by atoms with Gasteiger partial charge in [0.05, 0.1) is 12.3 Å². The van der Waals surface area contributed by atoms with Crippen LogP contribution in [0.2, 0.25) is 0 Å². The molecule has 10 heteroatoms. The van der Waals surface area contributed by atoms with Gasteiger partial charge in [0, 0.05) is 48.7 Å². The summed E-state index contributed by atoms with van der Waals surface area (Å²) in [6, 6.07) is 11.2. The predicted octanol–water partition coefficient (Wildman–Crippen LogP) is 4.34. The first-order valence-electron chi connectivity index (χ1n) is 13.7. The maximum atomic E-state index is 12.1. The Morgan fingerprint density at radius 1 is 1.18 bits per heavy atom. The largest absolute Gasteiger partial charge is 0.478 e. The van der Waals surface area contributed by atoms with Crippen LogP contribution >= 0.6 is 0 Å². The van der Waals surface area contributed by atoms with E-state index in [1.807, 2.05) is 12.1 Å². The van der Waals surface area contributed by atoms with Crippen LogP contribution in [0.3, 0.4) is 0 Å². The van der Waals surface area contributed by atoms with Crippen LogP contribution in [-0.4, -0.2) is 43.3 Å². The molecule has 6 rings (SSSR count). The van der Waals surface area contributed by atoms with Crippen molar-refractivity contribution in [2.24, 2.45) is 17.8 Å². The molecule has 0 unspecified atom stereocenters. The number of nitrogen functional groups attached to an aromatic ring is 1. The van der Waals surface area contributed by atoms with Crippen molar-refractivity contribution in [3.05, 3.63) is 41.5 Å². The van der Waals surface area contributed by atoms with Crippen molar-refractivity contribution in [3.63, 3.8) is 0 Å². The second-order valence-electron chi connectivity index (χ2n) is 11.2. The molecule has 4 fully saturated rings. The second kappa shape index (κ2) is 11.8. The van der Waals surface area contributed by atoms with E-state index in [-0.39, 0.29) is 18.1 Å². The molecular formula is C30H35N7O3. The fourth-order valence-electron chi connectivity index (χ4n) is 6.99. The second-order valence-corrected chi connectivity index (χ2v) is 11.2. The first kappa shape index (κ1) is 27.3. The van der Waals surface area contributed by atoms with Crippen LogP contribution in [0, 0.1) is 40.4 Å². The van der Waals surface area contributed by atoms with Crippen LogP contribution in [0.4, 0.5) is 23.0 Å². The maximum absolute atomic E-state index is 12.1. The highest BCUT2D eigenvalue weighted by Gasteiger charge is 2.51. The Hall–Kier alpha value is -4.28. The molecule has 0 radical (unpaired) electrons. The van der Waals surface area contributed by atoms with Gasteiger partial charge >= 0.3 is 0 Å². The number of carbonyl (C=O) groups excluding carboxylic acids is 1. The maximum Gasteiger partial charge on any atom is 0.244 e. The smallest absolute Gasteiger partial charge is 0.244 e. The molecule has 10 nitrogen and oxygen atoms in total. The van der Waals surface area contributed by atoms with Crippen molar-refractivity contribution in [2.45, 2.75) is 44.1 Å². The van der Waals surface area contributed by atoms with E-state index in [1.165, 1.54) is 25.3 Å². The van der Waals surface area contributed by atoms with Gasteiger partial charge < -0.3 is 31.2 Å². The molecule has 0 atom stereocenters. The number of ether oxygens (including phenoxy) is 2. The SMILES string of the molecule is COCCNC(=O)/C=C/c1ccc(Nc2cc(N)c(C#N)c(NC34CC5CC(CC(C5)C3)C4)n2)cc1OCC#N. The van der Waals surface area contributed by atoms with E-state index in [1.54, 1.807) is 31.4 Å². The van der Waals surface area contributed by atoms with Gasteiger partial charge in [0.1, 0.15) is 35.1 Å². The van der Waals surface area contributed by atoms with Gasteiger partial charge in [-0.3, -0.25) is 4.79 Å². The van der Waals surface area contributed by atoms with Crippen LogP contribution in [0.25, 0.3) is 6.08 Å². The Labute approximate surface area is 234 Å². The van der Waals surface area contributed by atoms with E-state index in [2.05, 4.69) is 22.0 Å². The van der Waals surface area contributed by atoms with Gasteiger partial charge in [0.25, 0.3) is 0 Å². The molecule has 0 aliphatic heterocycles. The molecule has 0 saturated heterocycles. The highest BCUT2D eigenvalue weighted by Crippen LogP contribution is 2.56. The van der Waals surface area contributed by atoms with E-state index in [9.17, 15) is 10.1 Å². The van der Waals surface area contributed by atoms with Gasteiger partial charge in [-0.1, -0.05) is 0 Å². The summed E-state index contributed by atoms with van der Waals surface area (Å²) in [5, 5.41) is 28.6. The topological polar surface area (TPSA) is 158 Å². The molecule has 1 aromatic heterocycles. The van der Waals surface area contributed by atoms with Crippen molar-refractivity contribution in [1.29, 1.82) is 10.5 Å². The number of rotatable bonds is 11. The number of anilines is 4. The number of methoxy groups -OCH3 is 1. The Balaban J connectivity index is 1.36. The summed E-state index contributed by atoms with van der Waals surface area (Å²) in [7, 11) is 1.57. The van der Waals surface area contributed by atoms with Crippen LogP contribution in [0.5, 0.6) is 5.75 Å². The Morgan fingerprint density at radius 3 is 2.55 bits per heavy atom. The molecule has 5 N–H and O–H groups in total. The van der Waals surface area contributed by atoms with E-state index < -0.39 is 0 Å². The lowest BCUT2D eigenvalue weighted by atomic mass is 9.53. The van der Waals surface area contributed by atoms with E-state index in [4.69, 9.17) is 25.5 Å². The minimum Gasteiger partial charge on any atom is -0.478 e. The van der Waals surface area contributed by atoms with Crippen LogP contribution in [0.1, 0.15) is 49.7 Å². The standard InChI is InChI=1S/C30H35N7O3/c1-39-9-7-34-28(38)5-3-22-2-4-23(13-26(22)40-8-6-31)35-27-14-25(33)24(18-32)29(36-27)37-30-15-19-10-20(16-30)12-21(11-19)17-30/h2-5,13-14,19-21H,7-12,15-17H2,1H3,(H,34,38)(H4,33,35,36,37)/b5-3+. The number of hydrogen-bond acceptors (Lipinski definition) is 9. The molecule has 0 spiro atoms. The average Bonchev–Trinajstić information content (AvgIpc) is 2.90. The summed E-state index contributed by atoms with van der Waals surface area (Å²) in [5.41, 5.74) is 8.32. The third-order valence-electron chi connectivity index (χ3n) is 8.18. The van der Waals surface area contributed by atoms with Crippen LogP contribution in [-0.2, 0) is 9.53 Å². The predicted molar refractivity (Wildman–Crippen MR) is 153 cm³/mol. The van der Waals surface area contributed by atoms with Crippen molar-refractivity contribution in [1.82, 2.24) is 10.3 Å². The quantitative estimate of drug-likeness (QED) is 0.240. The summed E-state index contributed by atoms with van der Waals surface area (Å²) in [5.74, 6) is 3.43. The third-order valence-corrected chi connectivity index (χ3v) is 8.18. The Morgan fingerprint density at radius 2 is 1.90 bits per heavy atom. The van der Waals surface area contributed by atoms with Crippen LogP contribution in [0.15, 0.2) is 30.3 Å². The van der Waals surface area contributed by atoms with Gasteiger partial charge in [-0.05, 0) is 74.5 Å². The molecule has 2 aromatic rings. The molecular weight excluding hydrogens is 506 g/mol. The number of pyridine rings is 1. The third kappa shape index (κ3) is 6.13. The number of carbonyl (C=O) groups is 1. The minimum absolute atomic E-state index is 0.0272. The lowest BCUT2D eigenvalue weighted by Crippen LogP contribution is -2.55. The van der Waals surface area contributed by atoms with Crippen LogP contribution < -0.4 is 26.4 Å². The number of nitrogens with zero attached hydrogens (tertiary/aromatic N) is 3. The van der Waals surface area contributed by atoms with Crippen molar-refractivity contribution >= 4 is 35.0 Å². The normalized spacial score (nSPS) is 24.3. The first-order valence-corrected chi connectivity index (χ1v) is 13.7. The molecule has 4 aliphatic carbocycles. The summed E-state index contributed by atoms with van der Waals surface area (Å²) in [6.45, 7) is 0.677. The number of nitrogens with two attached hydrogens (primary N) is 1. The molecule has 4 aliphatic rings. The molecule has 1 amide bonds. The number of aromatic nitrogens is 1. The van der Waals surface area contributed by atoms with Gasteiger partial charge in [-0.25, -0.2) is 4.98 Å². The highest BCUT2D eigenvalue weighted by atomic mass is 16.5. The van der Waals surface area contributed by atoms with Gasteiger partial charge in [0.2, 0.25) is 5.91 Å². The summed E-state index contributed by atoms with van der Waals surface area (Å²) in [6.07, 6.45) is 10.3. The lowest BCUT2D eigenvalue weighted by molar-refractivity contribution is -0.116. The summed E-state index contributed by atoms with van der Waals surface area (Å²) >= 11 is 0. The summed E-state index contributed by atoms with van der Waals surface area (Å²) < 4.78 is 10.6. The molecule has 1 aromatic carbocycles. The molecule has 208 valence electrons. The van der Waals surface area contributed by atoms with E-state index >= 15 is 0 Å². The van der Waals surface area contributed by atoms with Crippen molar-refractivity contribution < 1.29 is 14.3 Å². The number of benzene rings is 1. The van der Waals surface area contributed by atoms with E-state index in [0.717, 1.165) is 37.0 Å². The monoisotopic (exact) mass is 541 g/mol. The zero-order chi connectivity index (χ0) is 28.1. The Bertz CT molecular complexity index is 1340. The average molecular weight is 542 g/mol. The highest BCUT2D eigenvalue weighted by molar-refractivity contribution is 5.92. The fourth-order valence-corrected chi connectivity index (χ4v) is 6.99. The lowest BCUT2D eigenvalue weighted by Gasteiger charge is -2.57. The zero-order valence-electron chi connectivity index (χ0n) is 22.7. The van der Waals surface area contributed by atoms with Gasteiger partial charge in [-0.15, -0.1) is 0 Å².